The van der Waals surface area contributed by atoms with Crippen molar-refractivity contribution in [2.75, 3.05) is 19.7 Å². The van der Waals surface area contributed by atoms with Gasteiger partial charge in [0, 0.05) is 27.7 Å². The van der Waals surface area contributed by atoms with Gasteiger partial charge < -0.3 is 9.64 Å². The van der Waals surface area contributed by atoms with Crippen molar-refractivity contribution in [3.05, 3.63) is 0 Å². The second kappa shape index (κ2) is 7.12. The summed E-state index contributed by atoms with van der Waals surface area (Å²) >= 11 is 0. The minimum Gasteiger partial charge on any atom is -0.369 e. The Morgan fingerprint density at radius 1 is 1.11 bits per heavy atom. The lowest BCUT2D eigenvalue weighted by atomic mass is 9.96. The van der Waals surface area contributed by atoms with Crippen molar-refractivity contribution in [1.82, 2.24) is 4.90 Å². The Kier molecular flexibility index (Phi) is 6.83. The lowest BCUT2D eigenvalue weighted by molar-refractivity contribution is -0.137. The van der Waals surface area contributed by atoms with E-state index in [0.717, 1.165) is 45.4 Å². The smallest absolute Gasteiger partial charge is 0.228 e. The summed E-state index contributed by atoms with van der Waals surface area (Å²) in [6.07, 6.45) is 4.28. The summed E-state index contributed by atoms with van der Waals surface area (Å²) in [6.45, 7) is 8.84. The van der Waals surface area contributed by atoms with E-state index in [-0.39, 0.29) is 15.7 Å². The van der Waals surface area contributed by atoms with Gasteiger partial charge in [-0.15, -0.1) is 0 Å². The van der Waals surface area contributed by atoms with E-state index in [4.69, 9.17) is 13.9 Å². The third-order valence-electron chi connectivity index (χ3n) is 4.03. The molecular weight excluding hydrogens is 259 g/mol. The second-order valence-electron chi connectivity index (χ2n) is 5.32. The zero-order chi connectivity index (χ0) is 13.8. The Morgan fingerprint density at radius 3 is 1.84 bits per heavy atom. The zero-order valence-electron chi connectivity index (χ0n) is 11.9. The summed E-state index contributed by atoms with van der Waals surface area (Å²) in [5.41, 5.74) is 0.205. The highest BCUT2D eigenvalue weighted by atomic mass is 20.0. The van der Waals surface area contributed by atoms with Crippen molar-refractivity contribution in [2.45, 2.75) is 52.1 Å². The first kappa shape index (κ1) is 18.2. The molecule has 0 aromatic heterocycles. The quantitative estimate of drug-likeness (QED) is 0.692. The molecule has 3 nitrogen and oxygen atoms in total. The summed E-state index contributed by atoms with van der Waals surface area (Å²) < 4.78 is 21.4. The van der Waals surface area contributed by atoms with Gasteiger partial charge in [0.05, 0.1) is 12.2 Å². The fourth-order valence-corrected chi connectivity index (χ4v) is 2.29. The summed E-state index contributed by atoms with van der Waals surface area (Å²) in [6, 6.07) is 0. The van der Waals surface area contributed by atoms with Crippen LogP contribution in [0.2, 0.25) is 0 Å². The number of rotatable bonds is 1. The predicted octanol–water partition coefficient (Wildman–Crippen LogP) is 3.20. The molecule has 0 aromatic rings. The molecule has 1 saturated carbocycles. The van der Waals surface area contributed by atoms with E-state index in [1.165, 1.54) is 0 Å². The molecule has 0 unspecified atom stereocenters. The number of hydrogen-bond acceptors (Lipinski definition) is 2. The van der Waals surface area contributed by atoms with Crippen molar-refractivity contribution >= 4 is 5.91 Å². The highest BCUT2D eigenvalue weighted by Crippen LogP contribution is 2.47. The number of halogens is 3. The van der Waals surface area contributed by atoms with Crippen molar-refractivity contribution in [3.63, 3.8) is 0 Å². The average Bonchev–Trinajstić information content (AvgIpc) is 3.35. The molecular formula is C13H24F3NO2. The predicted molar refractivity (Wildman–Crippen MR) is 67.9 cm³/mol. The Hall–Kier alpha value is -0.780. The second-order valence-corrected chi connectivity index (χ2v) is 5.32. The molecule has 19 heavy (non-hydrogen) atoms. The molecule has 0 radical (unpaired) electrons. The number of ether oxygens (including phenoxy) is 1. The molecule has 0 atom stereocenters. The van der Waals surface area contributed by atoms with Crippen LogP contribution in [0.15, 0.2) is 0 Å². The number of carbonyl (C=O) groups excluding carboxylic acids is 1. The van der Waals surface area contributed by atoms with Gasteiger partial charge in [-0.3, -0.25) is 9.50 Å². The molecule has 3 fully saturated rings. The Bertz CT molecular complexity index is 282. The monoisotopic (exact) mass is 283 g/mol. The van der Waals surface area contributed by atoms with E-state index in [0.29, 0.717) is 5.91 Å². The number of nitrogens with zero attached hydrogens (tertiary/aromatic N) is 1. The van der Waals surface area contributed by atoms with Gasteiger partial charge in [-0.1, -0.05) is 20.8 Å². The maximum Gasteiger partial charge on any atom is 0.228 e. The van der Waals surface area contributed by atoms with Crippen LogP contribution < -0.4 is 0 Å². The zero-order valence-corrected chi connectivity index (χ0v) is 11.9. The minimum absolute atomic E-state index is 0. The van der Waals surface area contributed by atoms with Crippen LogP contribution in [0.4, 0.5) is 13.9 Å². The number of piperidine rings is 1. The van der Waals surface area contributed by atoms with Gasteiger partial charge in [-0.2, -0.15) is 0 Å². The fourth-order valence-electron chi connectivity index (χ4n) is 2.29. The van der Waals surface area contributed by atoms with E-state index < -0.39 is 0 Å². The third-order valence-corrected chi connectivity index (χ3v) is 4.03. The Labute approximate surface area is 112 Å². The van der Waals surface area contributed by atoms with Crippen LogP contribution in [0, 0.1) is 5.41 Å². The summed E-state index contributed by atoms with van der Waals surface area (Å²) in [5, 5.41) is 0. The largest absolute Gasteiger partial charge is 0.369 e. The molecule has 0 bridgehead atoms. The molecule has 1 spiro atoms. The van der Waals surface area contributed by atoms with Gasteiger partial charge in [0.2, 0.25) is 5.91 Å². The van der Waals surface area contributed by atoms with Crippen molar-refractivity contribution in [3.8, 4) is 0 Å². The van der Waals surface area contributed by atoms with Gasteiger partial charge in [0.1, 0.15) is 0 Å². The molecule has 6 heteroatoms. The standard InChI is InChI=1S/C11H17NO2.C2H6.F2.FH/c1-10(2-3-10)9(13)12-6-4-11(5-7-12)8-14-11;2*1-2;/h2-8H2,1H3;1-2H3;;1H. The van der Waals surface area contributed by atoms with Crippen LogP contribution >= 0.6 is 0 Å². The van der Waals surface area contributed by atoms with E-state index in [1.807, 2.05) is 18.7 Å². The minimum atomic E-state index is 0. The topological polar surface area (TPSA) is 32.8 Å². The number of hydrogen-bond donors (Lipinski definition) is 0. The molecule has 1 amide bonds. The molecule has 114 valence electrons. The first-order valence-corrected chi connectivity index (χ1v) is 6.71. The average molecular weight is 283 g/mol. The summed E-state index contributed by atoms with van der Waals surface area (Å²) in [4.78, 5) is 14.0. The normalized spacial score (nSPS) is 23.9. The Morgan fingerprint density at radius 2 is 1.53 bits per heavy atom. The molecule has 2 heterocycles. The van der Waals surface area contributed by atoms with Crippen LogP contribution in [-0.4, -0.2) is 36.1 Å². The first-order valence-electron chi connectivity index (χ1n) is 6.71. The van der Waals surface area contributed by atoms with Crippen molar-refractivity contribution in [1.29, 1.82) is 0 Å². The van der Waals surface area contributed by atoms with Crippen molar-refractivity contribution < 1.29 is 23.4 Å². The van der Waals surface area contributed by atoms with E-state index in [9.17, 15) is 4.79 Å². The summed E-state index contributed by atoms with van der Waals surface area (Å²) in [5.74, 6) is 0.382. The van der Waals surface area contributed by atoms with Gasteiger partial charge in [-0.25, -0.2) is 0 Å². The summed E-state index contributed by atoms with van der Waals surface area (Å²) in [7, 11) is 0. The molecule has 0 N–H and O–H groups in total. The van der Waals surface area contributed by atoms with Crippen LogP contribution in [0.3, 0.4) is 0 Å². The molecule has 2 aliphatic heterocycles. The Balaban J connectivity index is 0.000000597. The highest BCUT2D eigenvalue weighted by Gasteiger charge is 2.51. The van der Waals surface area contributed by atoms with Gasteiger partial charge in [0.15, 0.2) is 0 Å². The number of amides is 1. The molecule has 3 rings (SSSR count). The van der Waals surface area contributed by atoms with Gasteiger partial charge in [-0.05, 0) is 25.7 Å². The number of likely N-dealkylation sites (tertiary alicyclic amines) is 1. The lowest BCUT2D eigenvalue weighted by Gasteiger charge is -2.32. The fraction of sp³-hybridized carbons (Fsp3) is 0.923. The van der Waals surface area contributed by atoms with Crippen LogP contribution in [-0.2, 0) is 9.53 Å². The van der Waals surface area contributed by atoms with E-state index >= 15 is 0 Å². The SMILES string of the molecule is CC.CC1(C(=O)N2CCC3(CC2)CO3)CC1.F.FF. The molecule has 2 saturated heterocycles. The maximum absolute atomic E-state index is 12.0. The van der Waals surface area contributed by atoms with Gasteiger partial charge in [0.25, 0.3) is 0 Å². The van der Waals surface area contributed by atoms with Crippen LogP contribution in [0.25, 0.3) is 0 Å². The highest BCUT2D eigenvalue weighted by molar-refractivity contribution is 5.85. The molecule has 1 aliphatic carbocycles. The third kappa shape index (κ3) is 4.09. The number of carbonyl (C=O) groups is 1. The molecule has 3 aliphatic rings. The molecule has 0 aromatic carbocycles. The van der Waals surface area contributed by atoms with Crippen molar-refractivity contribution in [2.24, 2.45) is 5.41 Å². The van der Waals surface area contributed by atoms with Crippen LogP contribution in [0.5, 0.6) is 0 Å². The van der Waals surface area contributed by atoms with Crippen LogP contribution in [0.1, 0.15) is 46.5 Å². The van der Waals surface area contributed by atoms with E-state index in [1.54, 1.807) is 0 Å². The maximum atomic E-state index is 12.0. The van der Waals surface area contributed by atoms with E-state index in [2.05, 4.69) is 6.92 Å². The first-order chi connectivity index (χ1) is 8.64. The van der Waals surface area contributed by atoms with Gasteiger partial charge >= 0.3 is 0 Å². The number of epoxide rings is 1. The lowest BCUT2D eigenvalue weighted by Crippen LogP contribution is -2.44.